The SMILES string of the molecule is CCc1cc(CO)cc(N(C)C(C)(C)CO)n1. The second-order valence-corrected chi connectivity index (χ2v) is 4.87. The van der Waals surface area contributed by atoms with Crippen molar-refractivity contribution in [3.8, 4) is 0 Å². The molecule has 0 aliphatic rings. The molecule has 96 valence electrons. The number of hydrogen-bond acceptors (Lipinski definition) is 4. The van der Waals surface area contributed by atoms with Gasteiger partial charge in [-0.05, 0) is 38.0 Å². The van der Waals surface area contributed by atoms with Gasteiger partial charge in [0.05, 0.1) is 18.8 Å². The van der Waals surface area contributed by atoms with Crippen LogP contribution in [0.15, 0.2) is 12.1 Å². The molecule has 2 N–H and O–H groups in total. The molecule has 0 aliphatic heterocycles. The molecule has 17 heavy (non-hydrogen) atoms. The third kappa shape index (κ3) is 3.17. The number of aromatic nitrogens is 1. The lowest BCUT2D eigenvalue weighted by Crippen LogP contribution is -2.45. The summed E-state index contributed by atoms with van der Waals surface area (Å²) in [6, 6.07) is 3.76. The second-order valence-electron chi connectivity index (χ2n) is 4.87. The van der Waals surface area contributed by atoms with E-state index in [2.05, 4.69) is 4.98 Å². The number of likely N-dealkylation sites (N-methyl/N-ethyl adjacent to an activating group) is 1. The van der Waals surface area contributed by atoms with Gasteiger partial charge in [-0.1, -0.05) is 6.92 Å². The van der Waals surface area contributed by atoms with E-state index in [1.165, 1.54) is 0 Å². The van der Waals surface area contributed by atoms with Crippen molar-refractivity contribution in [1.82, 2.24) is 4.98 Å². The van der Waals surface area contributed by atoms with Crippen LogP contribution in [0.2, 0.25) is 0 Å². The molecule has 0 aromatic carbocycles. The minimum absolute atomic E-state index is 0.00983. The van der Waals surface area contributed by atoms with Crippen molar-refractivity contribution in [2.24, 2.45) is 0 Å². The number of aliphatic hydroxyl groups excluding tert-OH is 2. The molecule has 0 fully saturated rings. The fourth-order valence-electron chi connectivity index (χ4n) is 1.49. The summed E-state index contributed by atoms with van der Waals surface area (Å²) < 4.78 is 0. The summed E-state index contributed by atoms with van der Waals surface area (Å²) in [7, 11) is 1.90. The number of aryl methyl sites for hydroxylation is 1. The predicted octanol–water partition coefficient (Wildman–Crippen LogP) is 1.34. The van der Waals surface area contributed by atoms with E-state index in [9.17, 15) is 10.2 Å². The van der Waals surface area contributed by atoms with E-state index in [1.807, 2.05) is 44.9 Å². The highest BCUT2D eigenvalue weighted by Gasteiger charge is 2.24. The van der Waals surface area contributed by atoms with Gasteiger partial charge in [0.15, 0.2) is 0 Å². The Morgan fingerprint density at radius 3 is 2.41 bits per heavy atom. The number of pyridine rings is 1. The molecular formula is C13H22N2O2. The van der Waals surface area contributed by atoms with Crippen LogP contribution in [0.5, 0.6) is 0 Å². The molecule has 0 saturated carbocycles. The molecule has 0 aliphatic carbocycles. The van der Waals surface area contributed by atoms with Gasteiger partial charge < -0.3 is 15.1 Å². The van der Waals surface area contributed by atoms with E-state index in [0.29, 0.717) is 0 Å². The van der Waals surface area contributed by atoms with Gasteiger partial charge in [0, 0.05) is 12.7 Å². The number of aliphatic hydroxyl groups is 2. The first-order chi connectivity index (χ1) is 7.94. The molecular weight excluding hydrogens is 216 g/mol. The second kappa shape index (κ2) is 5.47. The lowest BCUT2D eigenvalue weighted by atomic mass is 10.0. The Morgan fingerprint density at radius 2 is 1.94 bits per heavy atom. The number of hydrogen-bond donors (Lipinski definition) is 2. The Kier molecular flexibility index (Phi) is 4.48. The lowest BCUT2D eigenvalue weighted by molar-refractivity contribution is 0.215. The summed E-state index contributed by atoms with van der Waals surface area (Å²) >= 11 is 0. The van der Waals surface area contributed by atoms with Crippen molar-refractivity contribution in [2.75, 3.05) is 18.6 Å². The van der Waals surface area contributed by atoms with Gasteiger partial charge >= 0.3 is 0 Å². The molecule has 4 heteroatoms. The van der Waals surface area contributed by atoms with Gasteiger partial charge in [-0.15, -0.1) is 0 Å². The maximum Gasteiger partial charge on any atom is 0.129 e. The van der Waals surface area contributed by atoms with Crippen molar-refractivity contribution >= 4 is 5.82 Å². The lowest BCUT2D eigenvalue weighted by Gasteiger charge is -2.35. The molecule has 0 radical (unpaired) electrons. The van der Waals surface area contributed by atoms with Crippen LogP contribution in [0, 0.1) is 0 Å². The van der Waals surface area contributed by atoms with Crippen molar-refractivity contribution < 1.29 is 10.2 Å². The summed E-state index contributed by atoms with van der Waals surface area (Å²) in [6.07, 6.45) is 0.828. The monoisotopic (exact) mass is 238 g/mol. The number of anilines is 1. The van der Waals surface area contributed by atoms with Crippen LogP contribution < -0.4 is 4.90 Å². The minimum Gasteiger partial charge on any atom is -0.394 e. The van der Waals surface area contributed by atoms with E-state index < -0.39 is 0 Å². The first kappa shape index (κ1) is 13.9. The minimum atomic E-state index is -0.369. The summed E-state index contributed by atoms with van der Waals surface area (Å²) in [5.74, 6) is 0.785. The van der Waals surface area contributed by atoms with Crippen LogP contribution in [0.1, 0.15) is 32.0 Å². The topological polar surface area (TPSA) is 56.6 Å². The van der Waals surface area contributed by atoms with Crippen molar-refractivity contribution in [3.63, 3.8) is 0 Å². The van der Waals surface area contributed by atoms with Crippen molar-refractivity contribution in [2.45, 2.75) is 39.3 Å². The van der Waals surface area contributed by atoms with Crippen molar-refractivity contribution in [3.05, 3.63) is 23.4 Å². The van der Waals surface area contributed by atoms with Crippen LogP contribution >= 0.6 is 0 Å². The molecule has 0 spiro atoms. The van der Waals surface area contributed by atoms with Gasteiger partial charge in [0.25, 0.3) is 0 Å². The zero-order valence-electron chi connectivity index (χ0n) is 11.1. The van der Waals surface area contributed by atoms with E-state index in [1.54, 1.807) is 0 Å². The smallest absolute Gasteiger partial charge is 0.129 e. The number of nitrogens with zero attached hydrogens (tertiary/aromatic N) is 2. The number of rotatable bonds is 5. The normalized spacial score (nSPS) is 11.6. The zero-order chi connectivity index (χ0) is 13.1. The molecule has 1 rings (SSSR count). The fourth-order valence-corrected chi connectivity index (χ4v) is 1.49. The molecule has 4 nitrogen and oxygen atoms in total. The molecule has 0 atom stereocenters. The Morgan fingerprint density at radius 1 is 1.29 bits per heavy atom. The van der Waals surface area contributed by atoms with Crippen LogP contribution in [0.3, 0.4) is 0 Å². The van der Waals surface area contributed by atoms with Crippen LogP contribution in [0.4, 0.5) is 5.82 Å². The molecule has 0 saturated heterocycles. The highest BCUT2D eigenvalue weighted by Crippen LogP contribution is 2.22. The summed E-state index contributed by atoms with van der Waals surface area (Å²) in [6.45, 7) is 5.99. The van der Waals surface area contributed by atoms with Gasteiger partial charge in [-0.2, -0.15) is 0 Å². The fraction of sp³-hybridized carbons (Fsp3) is 0.615. The Balaban J connectivity index is 3.12. The first-order valence-corrected chi connectivity index (χ1v) is 5.90. The van der Waals surface area contributed by atoms with Crippen molar-refractivity contribution in [1.29, 1.82) is 0 Å². The Labute approximate surface area is 103 Å². The Bertz CT molecular complexity index is 355. The summed E-state index contributed by atoms with van der Waals surface area (Å²) in [4.78, 5) is 6.45. The third-order valence-corrected chi connectivity index (χ3v) is 3.11. The van der Waals surface area contributed by atoms with Crippen LogP contribution in [0.25, 0.3) is 0 Å². The summed E-state index contributed by atoms with van der Waals surface area (Å²) in [5, 5.41) is 18.6. The predicted molar refractivity (Wildman–Crippen MR) is 69.1 cm³/mol. The van der Waals surface area contributed by atoms with Gasteiger partial charge in [-0.25, -0.2) is 4.98 Å². The van der Waals surface area contributed by atoms with Crippen LogP contribution in [-0.4, -0.2) is 34.4 Å². The maximum atomic E-state index is 9.36. The quantitative estimate of drug-likeness (QED) is 0.813. The first-order valence-electron chi connectivity index (χ1n) is 5.90. The molecule has 1 heterocycles. The average molecular weight is 238 g/mol. The van der Waals surface area contributed by atoms with Gasteiger partial charge in [0.1, 0.15) is 5.82 Å². The molecule has 0 unspecified atom stereocenters. The van der Waals surface area contributed by atoms with E-state index in [-0.39, 0.29) is 18.8 Å². The average Bonchev–Trinajstić information content (AvgIpc) is 2.36. The van der Waals surface area contributed by atoms with Gasteiger partial charge in [-0.3, -0.25) is 0 Å². The standard InChI is InChI=1S/C13H22N2O2/c1-5-11-6-10(8-16)7-12(14-11)15(4)13(2,3)9-17/h6-7,16-17H,5,8-9H2,1-4H3. The molecule has 1 aromatic rings. The maximum absolute atomic E-state index is 9.36. The third-order valence-electron chi connectivity index (χ3n) is 3.11. The highest BCUT2D eigenvalue weighted by molar-refractivity contribution is 5.44. The Hall–Kier alpha value is -1.13. The molecule has 1 aromatic heterocycles. The zero-order valence-corrected chi connectivity index (χ0v) is 11.1. The highest BCUT2D eigenvalue weighted by atomic mass is 16.3. The van der Waals surface area contributed by atoms with Crippen LogP contribution in [-0.2, 0) is 13.0 Å². The molecule has 0 bridgehead atoms. The van der Waals surface area contributed by atoms with E-state index in [0.717, 1.165) is 23.5 Å². The van der Waals surface area contributed by atoms with Gasteiger partial charge in [0.2, 0.25) is 0 Å². The molecule has 0 amide bonds. The van der Waals surface area contributed by atoms with E-state index in [4.69, 9.17) is 0 Å². The summed E-state index contributed by atoms with van der Waals surface area (Å²) in [5.41, 5.74) is 1.44. The van der Waals surface area contributed by atoms with E-state index >= 15 is 0 Å². The largest absolute Gasteiger partial charge is 0.394 e.